The van der Waals surface area contributed by atoms with E-state index in [2.05, 4.69) is 13.2 Å². The zero-order valence-electron chi connectivity index (χ0n) is 14.6. The first kappa shape index (κ1) is 18.1. The van der Waals surface area contributed by atoms with Crippen molar-refractivity contribution in [1.29, 1.82) is 0 Å². The predicted molar refractivity (Wildman–Crippen MR) is 89.8 cm³/mol. The Morgan fingerprint density at radius 2 is 1.44 bits per heavy atom. The van der Waals surface area contributed by atoms with E-state index in [0.717, 1.165) is 38.5 Å². The molecule has 6 unspecified atom stereocenters. The zero-order chi connectivity index (χ0) is 18.0. The third-order valence-electron chi connectivity index (χ3n) is 4.98. The third kappa shape index (κ3) is 5.16. The van der Waals surface area contributed by atoms with Crippen molar-refractivity contribution in [3.05, 3.63) is 24.8 Å². The highest BCUT2D eigenvalue weighted by atomic mass is 16.6. The van der Waals surface area contributed by atoms with Gasteiger partial charge in [0.1, 0.15) is 12.2 Å². The van der Waals surface area contributed by atoms with Crippen molar-refractivity contribution >= 4 is 11.9 Å². The number of epoxide rings is 2. The molecule has 0 aromatic rings. The highest BCUT2D eigenvalue weighted by Crippen LogP contribution is 2.38. The molecule has 4 fully saturated rings. The first-order chi connectivity index (χ1) is 12.0. The Morgan fingerprint density at radius 3 is 1.88 bits per heavy atom. The molecule has 0 spiro atoms. The zero-order valence-corrected chi connectivity index (χ0v) is 14.6. The van der Waals surface area contributed by atoms with Crippen LogP contribution in [0.25, 0.3) is 0 Å². The standard InChI is InChI=1S/C10H14O3.C9H12O3/c1-6(2)10(11)12-7-3-4-8-9(5-7)13-8;1-2-9(10)11-6-3-4-7-8(5-6)12-7/h7-9H,1,3-5H2,2H3;2,6-8H,1,3-5H2. The van der Waals surface area contributed by atoms with Crippen LogP contribution in [-0.4, -0.2) is 48.6 Å². The average molecular weight is 350 g/mol. The van der Waals surface area contributed by atoms with Gasteiger partial charge in [-0.25, -0.2) is 9.59 Å². The van der Waals surface area contributed by atoms with E-state index in [1.807, 2.05) is 0 Å². The van der Waals surface area contributed by atoms with Gasteiger partial charge in [0.25, 0.3) is 0 Å². The Bertz CT molecular complexity index is 556. The van der Waals surface area contributed by atoms with Gasteiger partial charge >= 0.3 is 11.9 Å². The van der Waals surface area contributed by atoms with Gasteiger partial charge in [-0.05, 0) is 32.6 Å². The normalized spacial score (nSPS) is 37.2. The molecule has 6 atom stereocenters. The predicted octanol–water partition coefficient (Wildman–Crippen LogP) is 2.46. The van der Waals surface area contributed by atoms with Crippen LogP contribution in [0.2, 0.25) is 0 Å². The molecule has 25 heavy (non-hydrogen) atoms. The smallest absolute Gasteiger partial charge is 0.333 e. The van der Waals surface area contributed by atoms with Crippen LogP contribution in [-0.2, 0) is 28.5 Å². The molecule has 2 saturated heterocycles. The van der Waals surface area contributed by atoms with Gasteiger partial charge < -0.3 is 18.9 Å². The molecule has 6 heteroatoms. The summed E-state index contributed by atoms with van der Waals surface area (Å²) in [6.45, 7) is 8.56. The minimum Gasteiger partial charge on any atom is -0.459 e. The van der Waals surface area contributed by atoms with E-state index in [4.69, 9.17) is 18.9 Å². The van der Waals surface area contributed by atoms with Gasteiger partial charge in [0.05, 0.1) is 24.4 Å². The second-order valence-electron chi connectivity index (χ2n) is 7.12. The van der Waals surface area contributed by atoms with Crippen LogP contribution in [0.3, 0.4) is 0 Å². The molecule has 0 aromatic heterocycles. The fraction of sp³-hybridized carbons (Fsp3) is 0.684. The summed E-state index contributed by atoms with van der Waals surface area (Å²) in [7, 11) is 0. The Morgan fingerprint density at radius 1 is 0.920 bits per heavy atom. The van der Waals surface area contributed by atoms with E-state index in [1.165, 1.54) is 6.08 Å². The maximum absolute atomic E-state index is 11.2. The lowest BCUT2D eigenvalue weighted by Gasteiger charge is -2.19. The first-order valence-corrected chi connectivity index (χ1v) is 8.96. The molecule has 2 aliphatic heterocycles. The quantitative estimate of drug-likeness (QED) is 0.440. The average Bonchev–Trinajstić information content (AvgIpc) is 3.48. The summed E-state index contributed by atoms with van der Waals surface area (Å²) in [4.78, 5) is 22.0. The van der Waals surface area contributed by atoms with Crippen molar-refractivity contribution in [3.63, 3.8) is 0 Å². The molecule has 2 aliphatic carbocycles. The van der Waals surface area contributed by atoms with E-state index in [1.54, 1.807) is 6.92 Å². The Hall–Kier alpha value is -1.66. The fourth-order valence-electron chi connectivity index (χ4n) is 3.41. The molecule has 4 rings (SSSR count). The minimum atomic E-state index is -0.320. The van der Waals surface area contributed by atoms with Gasteiger partial charge in [0.2, 0.25) is 0 Å². The van der Waals surface area contributed by atoms with Gasteiger partial charge in [0.15, 0.2) is 0 Å². The molecule has 0 N–H and O–H groups in total. The van der Waals surface area contributed by atoms with Crippen LogP contribution in [0.1, 0.15) is 45.4 Å². The number of carbonyl (C=O) groups is 2. The fourth-order valence-corrected chi connectivity index (χ4v) is 3.41. The number of ether oxygens (including phenoxy) is 4. The number of hydrogen-bond donors (Lipinski definition) is 0. The maximum Gasteiger partial charge on any atom is 0.333 e. The Balaban J connectivity index is 0.000000146. The van der Waals surface area contributed by atoms with Crippen molar-refractivity contribution in [2.24, 2.45) is 0 Å². The SMILES string of the molecule is C=C(C)C(=O)OC1CCC2OC2C1.C=CC(=O)OC1CCC2OC2C1. The van der Waals surface area contributed by atoms with Crippen LogP contribution < -0.4 is 0 Å². The van der Waals surface area contributed by atoms with E-state index >= 15 is 0 Å². The lowest BCUT2D eigenvalue weighted by Crippen LogP contribution is -2.24. The van der Waals surface area contributed by atoms with Gasteiger partial charge in [-0.3, -0.25) is 0 Å². The summed E-state index contributed by atoms with van der Waals surface area (Å²) in [5.41, 5.74) is 0.471. The lowest BCUT2D eigenvalue weighted by molar-refractivity contribution is -0.145. The third-order valence-corrected chi connectivity index (χ3v) is 4.98. The van der Waals surface area contributed by atoms with Gasteiger partial charge in [-0.1, -0.05) is 13.2 Å². The second-order valence-corrected chi connectivity index (χ2v) is 7.12. The summed E-state index contributed by atoms with van der Waals surface area (Å²) in [6, 6.07) is 0. The van der Waals surface area contributed by atoms with Crippen molar-refractivity contribution in [3.8, 4) is 0 Å². The van der Waals surface area contributed by atoms with Crippen LogP contribution in [0.4, 0.5) is 0 Å². The van der Waals surface area contributed by atoms with Gasteiger partial charge in [-0.15, -0.1) is 0 Å². The van der Waals surface area contributed by atoms with E-state index in [9.17, 15) is 9.59 Å². The lowest BCUT2D eigenvalue weighted by atomic mass is 9.98. The molecule has 6 nitrogen and oxygen atoms in total. The van der Waals surface area contributed by atoms with Gasteiger partial charge in [-0.2, -0.15) is 0 Å². The van der Waals surface area contributed by atoms with Crippen molar-refractivity contribution < 1.29 is 28.5 Å². The number of carbonyl (C=O) groups excluding carboxylic acids is 2. The van der Waals surface area contributed by atoms with Crippen molar-refractivity contribution in [2.45, 2.75) is 82.1 Å². The molecule has 2 heterocycles. The maximum atomic E-state index is 11.2. The molecule has 2 saturated carbocycles. The summed E-state index contributed by atoms with van der Waals surface area (Å²) in [5, 5.41) is 0. The van der Waals surface area contributed by atoms with E-state index in [-0.39, 0.29) is 24.1 Å². The Kier molecular flexibility index (Phi) is 5.59. The topological polar surface area (TPSA) is 77.7 Å². The van der Waals surface area contributed by atoms with Crippen LogP contribution in [0.5, 0.6) is 0 Å². The number of fused-ring (bicyclic) bond motifs is 2. The largest absolute Gasteiger partial charge is 0.459 e. The number of rotatable bonds is 4. The molecular weight excluding hydrogens is 324 g/mol. The summed E-state index contributed by atoms with van der Waals surface area (Å²) in [6.07, 6.45) is 8.60. The molecule has 0 aromatic carbocycles. The summed E-state index contributed by atoms with van der Waals surface area (Å²) in [5.74, 6) is -0.594. The van der Waals surface area contributed by atoms with Crippen LogP contribution in [0.15, 0.2) is 24.8 Å². The van der Waals surface area contributed by atoms with E-state index < -0.39 is 0 Å². The molecular formula is C19H26O6. The molecule has 4 aliphatic rings. The first-order valence-electron chi connectivity index (χ1n) is 8.96. The minimum absolute atomic E-state index is 0.0490. The van der Waals surface area contributed by atoms with Crippen molar-refractivity contribution in [2.75, 3.05) is 0 Å². The molecule has 0 amide bonds. The van der Waals surface area contributed by atoms with Crippen LogP contribution in [0, 0.1) is 0 Å². The monoisotopic (exact) mass is 350 g/mol. The Labute approximate surface area is 148 Å². The highest BCUT2D eigenvalue weighted by molar-refractivity contribution is 5.87. The summed E-state index contributed by atoms with van der Waals surface area (Å²) >= 11 is 0. The second kappa shape index (κ2) is 7.70. The van der Waals surface area contributed by atoms with Gasteiger partial charge in [0, 0.05) is 24.5 Å². The molecule has 138 valence electrons. The van der Waals surface area contributed by atoms with Crippen molar-refractivity contribution in [1.82, 2.24) is 0 Å². The molecule has 0 bridgehead atoms. The number of esters is 2. The van der Waals surface area contributed by atoms with Crippen LogP contribution >= 0.6 is 0 Å². The van der Waals surface area contributed by atoms with E-state index in [0.29, 0.717) is 30.0 Å². The number of hydrogen-bond acceptors (Lipinski definition) is 6. The summed E-state index contributed by atoms with van der Waals surface area (Å²) < 4.78 is 21.0. The molecule has 0 radical (unpaired) electrons. The highest BCUT2D eigenvalue weighted by Gasteiger charge is 2.45.